The second kappa shape index (κ2) is 5.66. The van der Waals surface area contributed by atoms with Crippen LogP contribution in [0, 0.1) is 11.3 Å². The highest BCUT2D eigenvalue weighted by Crippen LogP contribution is 2.23. The maximum atomic E-state index is 12.0. The normalized spacial score (nSPS) is 10.9. The molecular weight excluding hydrogens is 267 g/mol. The first-order chi connectivity index (χ1) is 9.46. The first-order valence-electron chi connectivity index (χ1n) is 5.80. The van der Waals surface area contributed by atoms with Crippen LogP contribution in [0.15, 0.2) is 48.5 Å². The van der Waals surface area contributed by atoms with Crippen LogP contribution in [0.2, 0.25) is 0 Å². The molecule has 0 unspecified atom stereocenters. The van der Waals surface area contributed by atoms with Crippen molar-refractivity contribution in [2.75, 3.05) is 0 Å². The van der Waals surface area contributed by atoms with Crippen molar-refractivity contribution in [3.63, 3.8) is 0 Å². The van der Waals surface area contributed by atoms with E-state index in [0.717, 1.165) is 11.1 Å². The van der Waals surface area contributed by atoms with Gasteiger partial charge in [-0.3, -0.25) is 0 Å². The van der Waals surface area contributed by atoms with E-state index >= 15 is 0 Å². The maximum absolute atomic E-state index is 12.0. The molecule has 0 aliphatic heterocycles. The fraction of sp³-hybridized carbons (Fsp3) is 0.133. The molecule has 2 nitrogen and oxygen atoms in total. The minimum atomic E-state index is -4.67. The molecule has 0 fully saturated rings. The number of hydrogen-bond acceptors (Lipinski definition) is 2. The van der Waals surface area contributed by atoms with E-state index in [1.165, 1.54) is 12.1 Å². The van der Waals surface area contributed by atoms with E-state index in [0.29, 0.717) is 12.0 Å². The third kappa shape index (κ3) is 4.02. The Hall–Kier alpha value is -2.48. The van der Waals surface area contributed by atoms with Crippen LogP contribution < -0.4 is 4.74 Å². The second-order valence-corrected chi connectivity index (χ2v) is 4.18. The summed E-state index contributed by atoms with van der Waals surface area (Å²) in [7, 11) is 0. The van der Waals surface area contributed by atoms with Gasteiger partial charge in [-0.25, -0.2) is 0 Å². The van der Waals surface area contributed by atoms with E-state index in [-0.39, 0.29) is 5.75 Å². The summed E-state index contributed by atoms with van der Waals surface area (Å²) in [5.74, 6) is -0.235. The van der Waals surface area contributed by atoms with E-state index in [2.05, 4.69) is 4.74 Å². The average Bonchev–Trinajstić information content (AvgIpc) is 2.40. The molecule has 0 radical (unpaired) electrons. The zero-order valence-corrected chi connectivity index (χ0v) is 10.3. The molecule has 2 aromatic carbocycles. The summed E-state index contributed by atoms with van der Waals surface area (Å²) in [6.07, 6.45) is -4.09. The fourth-order valence-corrected chi connectivity index (χ4v) is 1.74. The fourth-order valence-electron chi connectivity index (χ4n) is 1.74. The molecule has 0 heterocycles. The number of halogens is 3. The molecule has 20 heavy (non-hydrogen) atoms. The van der Waals surface area contributed by atoms with Gasteiger partial charge in [0.05, 0.1) is 11.6 Å². The standard InChI is InChI=1S/C15H10F3NO/c16-15(17,18)20-14-7-5-12(6-8-14)9-11-1-3-13(10-19)4-2-11/h1-8H,9H2. The van der Waals surface area contributed by atoms with Crippen molar-refractivity contribution in [3.05, 3.63) is 65.2 Å². The van der Waals surface area contributed by atoms with Crippen molar-refractivity contribution in [1.82, 2.24) is 0 Å². The van der Waals surface area contributed by atoms with Gasteiger partial charge < -0.3 is 4.74 Å². The van der Waals surface area contributed by atoms with Gasteiger partial charge in [-0.1, -0.05) is 24.3 Å². The van der Waals surface area contributed by atoms with Crippen LogP contribution in [0.25, 0.3) is 0 Å². The number of nitriles is 1. The lowest BCUT2D eigenvalue weighted by Crippen LogP contribution is -2.17. The molecule has 2 aromatic rings. The zero-order chi connectivity index (χ0) is 14.6. The monoisotopic (exact) mass is 277 g/mol. The van der Waals surface area contributed by atoms with Crippen LogP contribution in [-0.4, -0.2) is 6.36 Å². The Balaban J connectivity index is 2.05. The molecule has 0 aliphatic rings. The Kier molecular flexibility index (Phi) is 3.94. The van der Waals surface area contributed by atoms with Crippen molar-refractivity contribution < 1.29 is 17.9 Å². The highest BCUT2D eigenvalue weighted by molar-refractivity contribution is 5.35. The molecule has 0 bridgehead atoms. The first kappa shape index (κ1) is 13.9. The summed E-state index contributed by atoms with van der Waals surface area (Å²) in [5.41, 5.74) is 2.42. The molecule has 0 aliphatic carbocycles. The van der Waals surface area contributed by atoms with Gasteiger partial charge in [0.2, 0.25) is 0 Å². The second-order valence-electron chi connectivity index (χ2n) is 4.18. The van der Waals surface area contributed by atoms with Crippen molar-refractivity contribution in [1.29, 1.82) is 5.26 Å². The van der Waals surface area contributed by atoms with Gasteiger partial charge in [0.15, 0.2) is 0 Å². The van der Waals surface area contributed by atoms with Gasteiger partial charge in [0.1, 0.15) is 5.75 Å². The molecule has 102 valence electrons. The minimum absolute atomic E-state index is 0.235. The minimum Gasteiger partial charge on any atom is -0.406 e. The SMILES string of the molecule is N#Cc1ccc(Cc2ccc(OC(F)(F)F)cc2)cc1. The zero-order valence-electron chi connectivity index (χ0n) is 10.3. The van der Waals surface area contributed by atoms with Gasteiger partial charge in [0.25, 0.3) is 0 Å². The third-order valence-corrected chi connectivity index (χ3v) is 2.65. The van der Waals surface area contributed by atoms with Crippen LogP contribution in [-0.2, 0) is 6.42 Å². The lowest BCUT2D eigenvalue weighted by molar-refractivity contribution is -0.274. The topological polar surface area (TPSA) is 33.0 Å². The molecule has 0 saturated carbocycles. The van der Waals surface area contributed by atoms with E-state index < -0.39 is 6.36 Å². The molecular formula is C15H10F3NO. The van der Waals surface area contributed by atoms with Crippen molar-refractivity contribution >= 4 is 0 Å². The molecule has 0 aromatic heterocycles. The number of ether oxygens (including phenoxy) is 1. The molecule has 0 atom stereocenters. The Morgan fingerprint density at radius 1 is 0.900 bits per heavy atom. The summed E-state index contributed by atoms with van der Waals surface area (Å²) in [5, 5.41) is 8.69. The predicted octanol–water partition coefficient (Wildman–Crippen LogP) is 4.05. The van der Waals surface area contributed by atoms with E-state index in [9.17, 15) is 13.2 Å². The van der Waals surface area contributed by atoms with Crippen molar-refractivity contribution in [3.8, 4) is 11.8 Å². The van der Waals surface area contributed by atoms with Gasteiger partial charge >= 0.3 is 6.36 Å². The summed E-state index contributed by atoms with van der Waals surface area (Å²) in [4.78, 5) is 0. The molecule has 0 spiro atoms. The molecule has 2 rings (SSSR count). The largest absolute Gasteiger partial charge is 0.573 e. The number of nitrogens with zero attached hydrogens (tertiary/aromatic N) is 1. The number of alkyl halides is 3. The van der Waals surface area contributed by atoms with Crippen LogP contribution in [0.5, 0.6) is 5.75 Å². The smallest absolute Gasteiger partial charge is 0.406 e. The Labute approximate surface area is 114 Å². The van der Waals surface area contributed by atoms with Gasteiger partial charge in [0, 0.05) is 0 Å². The maximum Gasteiger partial charge on any atom is 0.573 e. The summed E-state index contributed by atoms with van der Waals surface area (Å²) >= 11 is 0. The highest BCUT2D eigenvalue weighted by Gasteiger charge is 2.30. The van der Waals surface area contributed by atoms with Crippen LogP contribution in [0.1, 0.15) is 16.7 Å². The Morgan fingerprint density at radius 2 is 1.40 bits per heavy atom. The number of hydrogen-bond donors (Lipinski definition) is 0. The van der Waals surface area contributed by atoms with Crippen LogP contribution >= 0.6 is 0 Å². The summed E-state index contributed by atoms with van der Waals surface area (Å²) in [6, 6.07) is 14.8. The van der Waals surface area contributed by atoms with Crippen LogP contribution in [0.3, 0.4) is 0 Å². The van der Waals surface area contributed by atoms with Gasteiger partial charge in [-0.15, -0.1) is 13.2 Å². The quantitative estimate of drug-likeness (QED) is 0.848. The lowest BCUT2D eigenvalue weighted by atomic mass is 10.0. The van der Waals surface area contributed by atoms with Crippen LogP contribution in [0.4, 0.5) is 13.2 Å². The highest BCUT2D eigenvalue weighted by atomic mass is 19.4. The van der Waals surface area contributed by atoms with Gasteiger partial charge in [-0.2, -0.15) is 5.26 Å². The number of rotatable bonds is 3. The Bertz CT molecular complexity index is 610. The number of benzene rings is 2. The van der Waals surface area contributed by atoms with E-state index in [1.807, 2.05) is 18.2 Å². The average molecular weight is 277 g/mol. The molecule has 0 saturated heterocycles. The molecule has 0 amide bonds. The van der Waals surface area contributed by atoms with E-state index in [1.54, 1.807) is 24.3 Å². The predicted molar refractivity (Wildman–Crippen MR) is 67.1 cm³/mol. The Morgan fingerprint density at radius 3 is 1.85 bits per heavy atom. The first-order valence-corrected chi connectivity index (χ1v) is 5.80. The molecule has 5 heteroatoms. The van der Waals surface area contributed by atoms with Crippen molar-refractivity contribution in [2.24, 2.45) is 0 Å². The lowest BCUT2D eigenvalue weighted by Gasteiger charge is -2.09. The summed E-state index contributed by atoms with van der Waals surface area (Å²) < 4.78 is 39.8. The third-order valence-electron chi connectivity index (χ3n) is 2.65. The van der Waals surface area contributed by atoms with Gasteiger partial charge in [-0.05, 0) is 41.8 Å². The van der Waals surface area contributed by atoms with E-state index in [4.69, 9.17) is 5.26 Å². The summed E-state index contributed by atoms with van der Waals surface area (Å²) in [6.45, 7) is 0. The molecule has 0 N–H and O–H groups in total. The van der Waals surface area contributed by atoms with Crippen molar-refractivity contribution in [2.45, 2.75) is 12.8 Å².